The molecule has 5 nitrogen and oxygen atoms in total. The van der Waals surface area contributed by atoms with Crippen LogP contribution in [-0.2, 0) is 22.6 Å². The molecule has 0 fully saturated rings. The van der Waals surface area contributed by atoms with Crippen molar-refractivity contribution in [2.24, 2.45) is 5.92 Å². The lowest BCUT2D eigenvalue weighted by Crippen LogP contribution is -2.44. The first kappa shape index (κ1) is 18.5. The van der Waals surface area contributed by atoms with E-state index < -0.39 is 12.0 Å². The van der Waals surface area contributed by atoms with Crippen LogP contribution in [-0.4, -0.2) is 23.0 Å². The minimum Gasteiger partial charge on any atom is -0.489 e. The molecule has 0 aliphatic rings. The number of carboxylic acid groups (broad SMARTS) is 1. The summed E-state index contributed by atoms with van der Waals surface area (Å²) in [4.78, 5) is 23.2. The van der Waals surface area contributed by atoms with Gasteiger partial charge in [-0.2, -0.15) is 0 Å². The molecule has 2 rings (SSSR count). The van der Waals surface area contributed by atoms with Crippen LogP contribution in [0, 0.1) is 5.92 Å². The van der Waals surface area contributed by atoms with Gasteiger partial charge in [-0.05, 0) is 23.3 Å². The number of carbonyl (C=O) groups is 2. The average molecular weight is 341 g/mol. The zero-order valence-corrected chi connectivity index (χ0v) is 14.4. The zero-order chi connectivity index (χ0) is 18.2. The second-order valence-electron chi connectivity index (χ2n) is 6.18. The molecule has 0 aliphatic heterocycles. The van der Waals surface area contributed by atoms with Gasteiger partial charge in [0.05, 0.1) is 0 Å². The van der Waals surface area contributed by atoms with Crippen LogP contribution in [0.3, 0.4) is 0 Å². The smallest absolute Gasteiger partial charge is 0.326 e. The van der Waals surface area contributed by atoms with E-state index in [0.29, 0.717) is 12.4 Å². The normalized spacial score (nSPS) is 11.8. The van der Waals surface area contributed by atoms with Gasteiger partial charge in [-0.25, -0.2) is 4.79 Å². The molecular weight excluding hydrogens is 318 g/mol. The molecule has 0 heterocycles. The molecule has 25 heavy (non-hydrogen) atoms. The largest absolute Gasteiger partial charge is 0.489 e. The summed E-state index contributed by atoms with van der Waals surface area (Å²) in [6.45, 7) is 3.90. The van der Waals surface area contributed by atoms with Crippen molar-refractivity contribution in [2.75, 3.05) is 0 Å². The van der Waals surface area contributed by atoms with E-state index in [4.69, 9.17) is 4.74 Å². The number of hydrogen-bond acceptors (Lipinski definition) is 3. The number of ether oxygens (including phenoxy) is 1. The van der Waals surface area contributed by atoms with Gasteiger partial charge >= 0.3 is 5.97 Å². The molecule has 2 aromatic carbocycles. The SMILES string of the molecule is CC(C)C(=O)N[C@@H](Cc1cccc(OCc2ccccc2)c1)C(=O)O. The van der Waals surface area contributed by atoms with Gasteiger partial charge in [-0.1, -0.05) is 56.3 Å². The number of carbonyl (C=O) groups excluding carboxylic acids is 1. The lowest BCUT2D eigenvalue weighted by atomic mass is 10.0. The maximum atomic E-state index is 11.8. The summed E-state index contributed by atoms with van der Waals surface area (Å²) < 4.78 is 5.76. The van der Waals surface area contributed by atoms with Crippen molar-refractivity contribution in [3.63, 3.8) is 0 Å². The Hall–Kier alpha value is -2.82. The second kappa shape index (κ2) is 8.87. The van der Waals surface area contributed by atoms with Gasteiger partial charge in [-0.15, -0.1) is 0 Å². The number of benzene rings is 2. The fourth-order valence-corrected chi connectivity index (χ4v) is 2.28. The highest BCUT2D eigenvalue weighted by Gasteiger charge is 2.21. The molecule has 0 saturated heterocycles. The minimum absolute atomic E-state index is 0.205. The Morgan fingerprint density at radius 2 is 1.72 bits per heavy atom. The molecular formula is C20H23NO4. The van der Waals surface area contributed by atoms with Crippen LogP contribution >= 0.6 is 0 Å². The van der Waals surface area contributed by atoms with Crippen LogP contribution in [0.1, 0.15) is 25.0 Å². The number of carboxylic acids is 1. The summed E-state index contributed by atoms with van der Waals surface area (Å²) in [5.74, 6) is -0.920. The molecule has 0 spiro atoms. The highest BCUT2D eigenvalue weighted by molar-refractivity contribution is 5.84. The van der Waals surface area contributed by atoms with Gasteiger partial charge in [0.15, 0.2) is 0 Å². The van der Waals surface area contributed by atoms with Crippen LogP contribution < -0.4 is 10.1 Å². The molecule has 0 bridgehead atoms. The number of nitrogens with one attached hydrogen (secondary N) is 1. The molecule has 1 atom stereocenters. The van der Waals surface area contributed by atoms with E-state index in [2.05, 4.69) is 5.32 Å². The highest BCUT2D eigenvalue weighted by Crippen LogP contribution is 2.17. The summed E-state index contributed by atoms with van der Waals surface area (Å²) in [5.41, 5.74) is 1.85. The number of aliphatic carboxylic acids is 1. The van der Waals surface area contributed by atoms with E-state index in [9.17, 15) is 14.7 Å². The first-order chi connectivity index (χ1) is 12.0. The van der Waals surface area contributed by atoms with E-state index in [1.54, 1.807) is 19.9 Å². The topological polar surface area (TPSA) is 75.6 Å². The van der Waals surface area contributed by atoms with Crippen molar-refractivity contribution in [1.29, 1.82) is 0 Å². The quantitative estimate of drug-likeness (QED) is 0.774. The Morgan fingerprint density at radius 1 is 1.04 bits per heavy atom. The zero-order valence-electron chi connectivity index (χ0n) is 14.4. The molecule has 0 aromatic heterocycles. The first-order valence-corrected chi connectivity index (χ1v) is 8.24. The van der Waals surface area contributed by atoms with E-state index >= 15 is 0 Å². The van der Waals surface area contributed by atoms with Gasteiger partial charge in [-0.3, -0.25) is 4.79 Å². The summed E-state index contributed by atoms with van der Waals surface area (Å²) in [5, 5.41) is 11.9. The van der Waals surface area contributed by atoms with Crippen LogP contribution in [0.2, 0.25) is 0 Å². The van der Waals surface area contributed by atoms with Gasteiger partial charge < -0.3 is 15.2 Å². The summed E-state index contributed by atoms with van der Waals surface area (Å²) in [7, 11) is 0. The lowest BCUT2D eigenvalue weighted by Gasteiger charge is -2.16. The Kier molecular flexibility index (Phi) is 6.57. The van der Waals surface area contributed by atoms with Crippen molar-refractivity contribution in [1.82, 2.24) is 5.32 Å². The molecule has 0 radical (unpaired) electrons. The predicted molar refractivity (Wildman–Crippen MR) is 95.3 cm³/mol. The molecule has 2 aromatic rings. The fraction of sp³-hybridized carbons (Fsp3) is 0.300. The Balaban J connectivity index is 2.01. The third-order valence-electron chi connectivity index (χ3n) is 3.73. The molecule has 0 unspecified atom stereocenters. The average Bonchev–Trinajstić information content (AvgIpc) is 2.60. The lowest BCUT2D eigenvalue weighted by molar-refractivity contribution is -0.142. The maximum absolute atomic E-state index is 11.8. The summed E-state index contributed by atoms with van der Waals surface area (Å²) in [6.07, 6.45) is 0.205. The van der Waals surface area contributed by atoms with Gasteiger partial charge in [0, 0.05) is 12.3 Å². The van der Waals surface area contributed by atoms with Crippen molar-refractivity contribution in [3.8, 4) is 5.75 Å². The Bertz CT molecular complexity index is 713. The van der Waals surface area contributed by atoms with Crippen molar-refractivity contribution in [2.45, 2.75) is 32.9 Å². The molecule has 1 amide bonds. The molecule has 5 heteroatoms. The number of rotatable bonds is 8. The number of hydrogen-bond donors (Lipinski definition) is 2. The van der Waals surface area contributed by atoms with Crippen molar-refractivity contribution in [3.05, 3.63) is 65.7 Å². The molecule has 132 valence electrons. The van der Waals surface area contributed by atoms with E-state index in [0.717, 1.165) is 11.1 Å². The third kappa shape index (κ3) is 5.95. The number of amides is 1. The second-order valence-corrected chi connectivity index (χ2v) is 6.18. The van der Waals surface area contributed by atoms with Crippen molar-refractivity contribution < 1.29 is 19.4 Å². The first-order valence-electron chi connectivity index (χ1n) is 8.24. The van der Waals surface area contributed by atoms with Crippen LogP contribution in [0.4, 0.5) is 0 Å². The highest BCUT2D eigenvalue weighted by atomic mass is 16.5. The summed E-state index contributed by atoms with van der Waals surface area (Å²) in [6, 6.07) is 16.1. The van der Waals surface area contributed by atoms with Crippen molar-refractivity contribution >= 4 is 11.9 Å². The molecule has 0 aliphatic carbocycles. The standard InChI is InChI=1S/C20H23NO4/c1-14(2)19(22)21-18(20(23)24)12-16-9-6-10-17(11-16)25-13-15-7-4-3-5-8-15/h3-11,14,18H,12-13H2,1-2H3,(H,21,22)(H,23,24)/t18-/m0/s1. The maximum Gasteiger partial charge on any atom is 0.326 e. The molecule has 2 N–H and O–H groups in total. The van der Waals surface area contributed by atoms with Gasteiger partial charge in [0.2, 0.25) is 5.91 Å². The third-order valence-corrected chi connectivity index (χ3v) is 3.73. The predicted octanol–water partition coefficient (Wildman–Crippen LogP) is 3.03. The van der Waals surface area contributed by atoms with E-state index in [-0.39, 0.29) is 18.2 Å². The Labute approximate surface area is 147 Å². The molecule has 0 saturated carbocycles. The van der Waals surface area contributed by atoms with Gasteiger partial charge in [0.25, 0.3) is 0 Å². The van der Waals surface area contributed by atoms with Crippen LogP contribution in [0.25, 0.3) is 0 Å². The van der Waals surface area contributed by atoms with Gasteiger partial charge in [0.1, 0.15) is 18.4 Å². The Morgan fingerprint density at radius 3 is 2.36 bits per heavy atom. The van der Waals surface area contributed by atoms with E-state index in [1.165, 1.54) is 0 Å². The summed E-state index contributed by atoms with van der Waals surface area (Å²) >= 11 is 0. The van der Waals surface area contributed by atoms with Crippen LogP contribution in [0.15, 0.2) is 54.6 Å². The minimum atomic E-state index is -1.05. The van der Waals surface area contributed by atoms with Crippen LogP contribution in [0.5, 0.6) is 5.75 Å². The van der Waals surface area contributed by atoms with E-state index in [1.807, 2.05) is 48.5 Å². The monoisotopic (exact) mass is 341 g/mol. The fourth-order valence-electron chi connectivity index (χ4n) is 2.28.